The van der Waals surface area contributed by atoms with Crippen molar-refractivity contribution >= 4 is 27.3 Å². The normalized spacial score (nSPS) is 33.9. The van der Waals surface area contributed by atoms with Crippen LogP contribution in [0.5, 0.6) is 0 Å². The minimum absolute atomic E-state index is 0.393. The van der Waals surface area contributed by atoms with Gasteiger partial charge in [-0.1, -0.05) is 13.7 Å². The monoisotopic (exact) mass is 228 g/mol. The van der Waals surface area contributed by atoms with Gasteiger partial charge in [-0.3, -0.25) is 0 Å². The summed E-state index contributed by atoms with van der Waals surface area (Å²) in [5, 5.41) is -0.402. The van der Waals surface area contributed by atoms with Crippen LogP contribution in [0.3, 0.4) is 0 Å². The molecular formula is C7H10BrNS. The molecule has 0 N–H and O–H groups in total. The van der Waals surface area contributed by atoms with Crippen LogP contribution < -0.4 is 0 Å². The third kappa shape index (κ3) is 1.80. The zero-order valence-corrected chi connectivity index (χ0v) is 7.21. The van der Waals surface area contributed by atoms with E-state index in [1.807, 2.05) is 0 Å². The van der Waals surface area contributed by atoms with E-state index < -0.39 is 31.0 Å². The van der Waals surface area contributed by atoms with Gasteiger partial charge in [-0.25, -0.2) is 4.98 Å². The van der Waals surface area contributed by atoms with Crippen molar-refractivity contribution in [2.24, 2.45) is 0 Å². The van der Waals surface area contributed by atoms with Gasteiger partial charge < -0.3 is 0 Å². The van der Waals surface area contributed by atoms with Gasteiger partial charge in [0.1, 0.15) is 0 Å². The van der Waals surface area contributed by atoms with Crippen molar-refractivity contribution in [3.63, 3.8) is 0 Å². The van der Waals surface area contributed by atoms with Gasteiger partial charge in [0.05, 0.1) is 15.0 Å². The van der Waals surface area contributed by atoms with Crippen LogP contribution in [-0.2, 0) is 0 Å². The summed E-state index contributed by atoms with van der Waals surface area (Å²) >= 11 is 3.77. The highest BCUT2D eigenvalue weighted by atomic mass is 79.9. The molecule has 10 heavy (non-hydrogen) atoms. The smallest absolute Gasteiger partial charge is 0.0964 e. The van der Waals surface area contributed by atoms with Crippen molar-refractivity contribution in [3.05, 3.63) is 15.0 Å². The number of hydrogen-bond donors (Lipinski definition) is 0. The fraction of sp³-hybridized carbons (Fsp3) is 0.571. The number of rotatable bonds is 2. The average Bonchev–Trinajstić information content (AvgIpc) is 2.59. The Hall–Kier alpha value is 0.110. The number of aromatic nitrogens is 1. The predicted molar refractivity (Wildman–Crippen MR) is 48.5 cm³/mol. The molecule has 0 saturated heterocycles. The molecule has 0 radical (unpaired) electrons. The van der Waals surface area contributed by atoms with Crippen molar-refractivity contribution < 1.29 is 12.3 Å². The Bertz CT molecular complexity index is 464. The maximum atomic E-state index is 8.01. The second kappa shape index (κ2) is 3.49. The highest BCUT2D eigenvalue weighted by Gasteiger charge is 2.06. The molecule has 0 amide bonds. The Labute approximate surface area is 86.3 Å². The van der Waals surface area contributed by atoms with Crippen LogP contribution >= 0.6 is 27.3 Å². The maximum absolute atomic E-state index is 8.01. The topological polar surface area (TPSA) is 12.9 Å². The van der Waals surface area contributed by atoms with Crippen molar-refractivity contribution in [2.45, 2.75) is 26.0 Å². The Morgan fingerprint density at radius 3 is 3.60 bits per heavy atom. The van der Waals surface area contributed by atoms with Crippen molar-refractivity contribution in [3.8, 4) is 0 Å². The molecule has 1 atom stereocenters. The molecule has 0 aliphatic heterocycles. The summed E-state index contributed by atoms with van der Waals surface area (Å²) < 4.78 is 67.4. The average molecular weight is 229 g/mol. The first-order valence-electron chi connectivity index (χ1n) is 6.87. The lowest BCUT2D eigenvalue weighted by Gasteiger charge is -2.00. The molecule has 1 heterocycles. The van der Waals surface area contributed by atoms with Crippen LogP contribution in [-0.4, -0.2) is 4.98 Å². The number of nitrogens with zero attached hydrogens (tertiary/aromatic N) is 1. The molecule has 1 aromatic heterocycles. The number of halogens is 1. The summed E-state index contributed by atoms with van der Waals surface area (Å²) in [7, 11) is 0. The Morgan fingerprint density at radius 1 is 2.20 bits per heavy atom. The molecule has 0 saturated carbocycles. The first kappa shape index (κ1) is 2.30. The lowest BCUT2D eigenvalue weighted by atomic mass is 10.1. The minimum Gasteiger partial charge on any atom is -0.248 e. The summed E-state index contributed by atoms with van der Waals surface area (Å²) in [5.41, 5.74) is 0. The van der Waals surface area contributed by atoms with E-state index in [2.05, 4.69) is 20.9 Å². The summed E-state index contributed by atoms with van der Waals surface area (Å²) in [6.07, 6.45) is -2.06. The summed E-state index contributed by atoms with van der Waals surface area (Å²) in [6, 6.07) is 0. The number of thiazole rings is 1. The van der Waals surface area contributed by atoms with Crippen LogP contribution in [0.2, 0.25) is 0 Å². The SMILES string of the molecule is [2H]C([2H])([2H])C([2H])([2H])C([2H])(c1ncc(Br)s1)C([2H])([2H])[2H]. The van der Waals surface area contributed by atoms with E-state index in [0.717, 1.165) is 11.3 Å². The first-order valence-corrected chi connectivity index (χ1v) is 3.98. The molecule has 56 valence electrons. The molecule has 0 spiro atoms. The van der Waals surface area contributed by atoms with Gasteiger partial charge in [0.25, 0.3) is 0 Å². The standard InChI is InChI=1S/C7H10BrNS/c1-3-5(2)7-9-4-6(8)10-7/h4-5H,3H2,1-2H3/i1D3,2D3,3D2,5D. The molecule has 1 nitrogen and oxygen atoms in total. The maximum Gasteiger partial charge on any atom is 0.0964 e. The molecule has 0 aliphatic carbocycles. The molecule has 1 rings (SSSR count). The third-order valence-corrected chi connectivity index (χ3v) is 2.31. The van der Waals surface area contributed by atoms with Crippen LogP contribution in [0.4, 0.5) is 0 Å². The van der Waals surface area contributed by atoms with Gasteiger partial charge in [-0.15, -0.1) is 11.3 Å². The summed E-state index contributed by atoms with van der Waals surface area (Å²) in [4.78, 5) is 3.67. The Morgan fingerprint density at radius 2 is 3.10 bits per heavy atom. The van der Waals surface area contributed by atoms with E-state index in [1.54, 1.807) is 0 Å². The van der Waals surface area contributed by atoms with Crippen molar-refractivity contribution in [1.29, 1.82) is 0 Å². The molecule has 1 aromatic rings. The van der Waals surface area contributed by atoms with Crippen molar-refractivity contribution in [1.82, 2.24) is 4.98 Å². The Kier molecular flexibility index (Phi) is 0.801. The van der Waals surface area contributed by atoms with Crippen LogP contribution in [0, 0.1) is 0 Å². The predicted octanol–water partition coefficient (Wildman–Crippen LogP) is 3.42. The number of hydrogen-bond acceptors (Lipinski definition) is 2. The van der Waals surface area contributed by atoms with Gasteiger partial charge >= 0.3 is 0 Å². The van der Waals surface area contributed by atoms with Crippen LogP contribution in [0.1, 0.15) is 43.3 Å². The fourth-order valence-electron chi connectivity index (χ4n) is 0.423. The van der Waals surface area contributed by atoms with Gasteiger partial charge in [0, 0.05) is 18.2 Å². The molecule has 1 unspecified atom stereocenters. The molecule has 0 bridgehead atoms. The lowest BCUT2D eigenvalue weighted by Crippen LogP contribution is -1.87. The quantitative estimate of drug-likeness (QED) is 0.757. The van der Waals surface area contributed by atoms with Gasteiger partial charge in [-0.05, 0) is 22.3 Å². The van der Waals surface area contributed by atoms with Crippen LogP contribution in [0.25, 0.3) is 0 Å². The van der Waals surface area contributed by atoms with Gasteiger partial charge in [-0.2, -0.15) is 0 Å². The van der Waals surface area contributed by atoms with E-state index in [9.17, 15) is 0 Å². The zero-order chi connectivity index (χ0) is 15.3. The van der Waals surface area contributed by atoms with E-state index in [-0.39, 0.29) is 0 Å². The molecule has 0 aliphatic rings. The highest BCUT2D eigenvalue weighted by molar-refractivity contribution is 9.11. The first-order chi connectivity index (χ1) is 8.25. The van der Waals surface area contributed by atoms with E-state index in [4.69, 9.17) is 12.3 Å². The van der Waals surface area contributed by atoms with Crippen molar-refractivity contribution in [2.75, 3.05) is 0 Å². The second-order valence-corrected chi connectivity index (χ2v) is 3.88. The Balaban J connectivity index is 3.55. The highest BCUT2D eigenvalue weighted by Crippen LogP contribution is 2.26. The van der Waals surface area contributed by atoms with Crippen LogP contribution in [0.15, 0.2) is 9.98 Å². The van der Waals surface area contributed by atoms with E-state index in [1.165, 1.54) is 6.20 Å². The van der Waals surface area contributed by atoms with Gasteiger partial charge in [0.2, 0.25) is 0 Å². The largest absolute Gasteiger partial charge is 0.248 e. The zero-order valence-electron chi connectivity index (χ0n) is 13.8. The van der Waals surface area contributed by atoms with E-state index in [0.29, 0.717) is 3.79 Å². The second-order valence-electron chi connectivity index (χ2n) is 1.47. The summed E-state index contributed by atoms with van der Waals surface area (Å²) in [5.74, 6) is -2.97. The molecule has 0 fully saturated rings. The lowest BCUT2D eigenvalue weighted by molar-refractivity contribution is 0.726. The third-order valence-electron chi connectivity index (χ3n) is 0.816. The van der Waals surface area contributed by atoms with Gasteiger partial charge in [0.15, 0.2) is 0 Å². The minimum atomic E-state index is -3.28. The molecular weight excluding hydrogens is 210 g/mol. The molecule has 0 aromatic carbocycles. The fourth-order valence-corrected chi connectivity index (χ4v) is 1.53. The van der Waals surface area contributed by atoms with E-state index >= 15 is 0 Å². The molecule has 3 heteroatoms. The summed E-state index contributed by atoms with van der Waals surface area (Å²) in [6.45, 7) is -6.44.